The third kappa shape index (κ3) is 4.46. The van der Waals surface area contributed by atoms with Gasteiger partial charge in [-0.1, -0.05) is 13.8 Å². The minimum absolute atomic E-state index is 0.0570. The van der Waals surface area contributed by atoms with E-state index in [4.69, 9.17) is 4.74 Å². The highest BCUT2D eigenvalue weighted by Crippen LogP contribution is 2.27. The van der Waals surface area contributed by atoms with E-state index in [9.17, 15) is 13.2 Å². The van der Waals surface area contributed by atoms with Gasteiger partial charge in [-0.05, 0) is 24.5 Å². The van der Waals surface area contributed by atoms with Crippen LogP contribution in [0.4, 0.5) is 0 Å². The van der Waals surface area contributed by atoms with Crippen LogP contribution in [0.2, 0.25) is 0 Å². The lowest BCUT2D eigenvalue weighted by Crippen LogP contribution is -2.52. The van der Waals surface area contributed by atoms with Crippen LogP contribution in [0.15, 0.2) is 35.6 Å². The Labute approximate surface area is 182 Å². The van der Waals surface area contributed by atoms with Crippen molar-refractivity contribution in [3.05, 3.63) is 36.4 Å². The molecule has 4 rings (SSSR count). The van der Waals surface area contributed by atoms with E-state index in [1.54, 1.807) is 23.4 Å². The highest BCUT2D eigenvalue weighted by molar-refractivity contribution is 7.89. The fourth-order valence-corrected chi connectivity index (χ4v) is 5.56. The van der Waals surface area contributed by atoms with Crippen LogP contribution in [0.1, 0.15) is 31.9 Å². The maximum absolute atomic E-state index is 13.4. The van der Waals surface area contributed by atoms with Crippen molar-refractivity contribution in [2.45, 2.75) is 31.1 Å². The summed E-state index contributed by atoms with van der Waals surface area (Å²) < 4.78 is 33.5. The fourth-order valence-electron chi connectivity index (χ4n) is 3.91. The van der Waals surface area contributed by atoms with Crippen LogP contribution < -0.4 is 0 Å². The van der Waals surface area contributed by atoms with Gasteiger partial charge in [-0.2, -0.15) is 4.31 Å². The summed E-state index contributed by atoms with van der Waals surface area (Å²) in [6.45, 7) is 6.14. The number of piperazine rings is 1. The van der Waals surface area contributed by atoms with Crippen LogP contribution in [0.5, 0.6) is 0 Å². The molecule has 10 heteroatoms. The Morgan fingerprint density at radius 3 is 2.58 bits per heavy atom. The van der Waals surface area contributed by atoms with Crippen LogP contribution >= 0.6 is 0 Å². The molecule has 2 aromatic heterocycles. The number of pyridine rings is 1. The molecule has 0 saturated carbocycles. The number of sulfonamides is 1. The van der Waals surface area contributed by atoms with Gasteiger partial charge in [-0.15, -0.1) is 0 Å². The van der Waals surface area contributed by atoms with Crippen molar-refractivity contribution in [2.24, 2.45) is 5.92 Å². The van der Waals surface area contributed by atoms with Crippen molar-refractivity contribution in [1.29, 1.82) is 0 Å². The maximum Gasteiger partial charge on any atom is 0.246 e. The standard InChI is InChI=1S/C21H27N5O4S/c1-15(2)19-18(13-23-20(24-19)16-4-3-6-22-12-16)31(28,29)26-9-7-25(8-10-26)21(27)17-5-11-30-14-17/h3-4,6,12-13,15,17H,5,7-11,14H2,1-2H3/t17-/m1/s1. The van der Waals surface area contributed by atoms with E-state index in [1.807, 2.05) is 19.9 Å². The van der Waals surface area contributed by atoms with Gasteiger partial charge in [-0.3, -0.25) is 9.78 Å². The summed E-state index contributed by atoms with van der Waals surface area (Å²) >= 11 is 0. The molecule has 2 saturated heterocycles. The van der Waals surface area contributed by atoms with Gasteiger partial charge >= 0.3 is 0 Å². The zero-order valence-corrected chi connectivity index (χ0v) is 18.6. The van der Waals surface area contributed by atoms with Gasteiger partial charge in [0, 0.05) is 50.7 Å². The molecule has 2 aliphatic heterocycles. The molecule has 2 aliphatic rings. The van der Waals surface area contributed by atoms with E-state index in [2.05, 4.69) is 15.0 Å². The number of hydrogen-bond acceptors (Lipinski definition) is 7. The Hall–Kier alpha value is -2.43. The molecule has 2 fully saturated rings. The zero-order chi connectivity index (χ0) is 22.0. The van der Waals surface area contributed by atoms with E-state index in [0.29, 0.717) is 37.8 Å². The Morgan fingerprint density at radius 1 is 1.19 bits per heavy atom. The molecule has 0 unspecified atom stereocenters. The summed E-state index contributed by atoms with van der Waals surface area (Å²) in [4.78, 5) is 27.4. The Balaban J connectivity index is 1.54. The van der Waals surface area contributed by atoms with Gasteiger partial charge in [0.25, 0.3) is 0 Å². The van der Waals surface area contributed by atoms with E-state index in [1.165, 1.54) is 10.5 Å². The molecule has 0 aromatic carbocycles. The molecule has 1 amide bonds. The summed E-state index contributed by atoms with van der Waals surface area (Å²) in [5, 5.41) is 0. The van der Waals surface area contributed by atoms with Gasteiger partial charge in [0.2, 0.25) is 15.9 Å². The molecule has 0 spiro atoms. The molecule has 0 N–H and O–H groups in total. The quantitative estimate of drug-likeness (QED) is 0.687. The highest BCUT2D eigenvalue weighted by atomic mass is 32.2. The molecule has 2 aromatic rings. The first-order valence-corrected chi connectivity index (χ1v) is 12.0. The van der Waals surface area contributed by atoms with Gasteiger partial charge in [-0.25, -0.2) is 18.4 Å². The van der Waals surface area contributed by atoms with Crippen molar-refractivity contribution < 1.29 is 17.9 Å². The van der Waals surface area contributed by atoms with Crippen LogP contribution in [-0.4, -0.2) is 77.9 Å². The van der Waals surface area contributed by atoms with Gasteiger partial charge in [0.1, 0.15) is 4.90 Å². The minimum atomic E-state index is -3.77. The van der Waals surface area contributed by atoms with E-state index in [0.717, 1.165) is 12.0 Å². The number of nitrogens with zero attached hydrogens (tertiary/aromatic N) is 5. The normalized spacial score (nSPS) is 20.4. The lowest BCUT2D eigenvalue weighted by Gasteiger charge is -2.35. The second-order valence-corrected chi connectivity index (χ2v) is 10.0. The van der Waals surface area contributed by atoms with E-state index >= 15 is 0 Å². The van der Waals surface area contributed by atoms with Crippen LogP contribution in [0.25, 0.3) is 11.4 Å². The summed E-state index contributed by atoms with van der Waals surface area (Å²) in [7, 11) is -3.77. The molecule has 0 aliphatic carbocycles. The van der Waals surface area contributed by atoms with Crippen molar-refractivity contribution in [3.63, 3.8) is 0 Å². The van der Waals surface area contributed by atoms with Crippen molar-refractivity contribution in [3.8, 4) is 11.4 Å². The number of rotatable bonds is 5. The topological polar surface area (TPSA) is 106 Å². The SMILES string of the molecule is CC(C)c1nc(-c2cccnc2)ncc1S(=O)(=O)N1CCN(C(=O)[C@@H]2CCOC2)CC1. The summed E-state index contributed by atoms with van der Waals surface area (Å²) in [5.74, 6) is 0.295. The average molecular weight is 446 g/mol. The molecule has 9 nitrogen and oxygen atoms in total. The number of carbonyl (C=O) groups excluding carboxylic acids is 1. The highest BCUT2D eigenvalue weighted by Gasteiger charge is 2.35. The molecule has 166 valence electrons. The van der Waals surface area contributed by atoms with E-state index in [-0.39, 0.29) is 35.7 Å². The Morgan fingerprint density at radius 2 is 1.97 bits per heavy atom. The lowest BCUT2D eigenvalue weighted by atomic mass is 10.1. The van der Waals surface area contributed by atoms with Gasteiger partial charge in [0.15, 0.2) is 5.82 Å². The molecular formula is C21H27N5O4S. The molecule has 4 heterocycles. The summed E-state index contributed by atoms with van der Waals surface area (Å²) in [6.07, 6.45) is 5.44. The molecule has 31 heavy (non-hydrogen) atoms. The third-order valence-corrected chi connectivity index (χ3v) is 7.61. The molecular weight excluding hydrogens is 418 g/mol. The lowest BCUT2D eigenvalue weighted by molar-refractivity contribution is -0.136. The number of carbonyl (C=O) groups is 1. The molecule has 1 atom stereocenters. The average Bonchev–Trinajstić information content (AvgIpc) is 3.34. The number of amides is 1. The third-order valence-electron chi connectivity index (χ3n) is 5.70. The Kier molecular flexibility index (Phi) is 6.31. The summed E-state index contributed by atoms with van der Waals surface area (Å²) in [5.41, 5.74) is 1.21. The number of aromatic nitrogens is 3. The first kappa shape index (κ1) is 21.8. The molecule has 0 bridgehead atoms. The van der Waals surface area contributed by atoms with Crippen molar-refractivity contribution >= 4 is 15.9 Å². The minimum Gasteiger partial charge on any atom is -0.381 e. The first-order valence-electron chi connectivity index (χ1n) is 10.5. The number of ether oxygens (including phenoxy) is 1. The number of hydrogen-bond donors (Lipinski definition) is 0. The van der Waals surface area contributed by atoms with Gasteiger partial charge < -0.3 is 9.64 Å². The largest absolute Gasteiger partial charge is 0.381 e. The van der Waals surface area contributed by atoms with Crippen molar-refractivity contribution in [2.75, 3.05) is 39.4 Å². The Bertz CT molecular complexity index is 1030. The van der Waals surface area contributed by atoms with Crippen LogP contribution in [-0.2, 0) is 19.6 Å². The predicted molar refractivity (Wildman–Crippen MR) is 114 cm³/mol. The fraction of sp³-hybridized carbons (Fsp3) is 0.524. The van der Waals surface area contributed by atoms with Crippen molar-refractivity contribution in [1.82, 2.24) is 24.2 Å². The first-order chi connectivity index (χ1) is 14.9. The monoisotopic (exact) mass is 445 g/mol. The predicted octanol–water partition coefficient (Wildman–Crippen LogP) is 1.53. The zero-order valence-electron chi connectivity index (χ0n) is 17.8. The van der Waals surface area contributed by atoms with Crippen LogP contribution in [0.3, 0.4) is 0 Å². The maximum atomic E-state index is 13.4. The smallest absolute Gasteiger partial charge is 0.246 e. The van der Waals surface area contributed by atoms with E-state index < -0.39 is 10.0 Å². The van der Waals surface area contributed by atoms with Crippen LogP contribution in [0, 0.1) is 5.92 Å². The van der Waals surface area contributed by atoms with Gasteiger partial charge in [0.05, 0.1) is 24.4 Å². The summed E-state index contributed by atoms with van der Waals surface area (Å²) in [6, 6.07) is 3.63. The second-order valence-electron chi connectivity index (χ2n) is 8.13. The second kappa shape index (κ2) is 8.97. The molecule has 0 radical (unpaired) electrons.